The molecule has 1 N–H and O–H groups in total. The average molecular weight is 351 g/mol. The minimum absolute atomic E-state index is 0.158. The molecule has 0 saturated heterocycles. The van der Waals surface area contributed by atoms with Crippen LogP contribution in [0.2, 0.25) is 0 Å². The summed E-state index contributed by atoms with van der Waals surface area (Å²) >= 11 is 0. The summed E-state index contributed by atoms with van der Waals surface area (Å²) in [6.45, 7) is 5.57. The Hall–Kier alpha value is -3.08. The number of aliphatic carboxylic acids is 1. The van der Waals surface area contributed by atoms with Crippen LogP contribution in [0.5, 0.6) is 0 Å². The van der Waals surface area contributed by atoms with Crippen LogP contribution in [0.25, 0.3) is 11.1 Å². The van der Waals surface area contributed by atoms with Crippen LogP contribution in [-0.4, -0.2) is 35.2 Å². The van der Waals surface area contributed by atoms with Crippen LogP contribution < -0.4 is 0 Å². The predicted octanol–water partition coefficient (Wildman–Crippen LogP) is 4.24. The van der Waals surface area contributed by atoms with Gasteiger partial charge in [0.05, 0.1) is 13.2 Å². The summed E-state index contributed by atoms with van der Waals surface area (Å²) < 4.78 is 4.96. The Morgan fingerprint density at radius 2 is 1.62 bits per heavy atom. The van der Waals surface area contributed by atoms with E-state index in [1.807, 2.05) is 48.5 Å². The first-order valence-electron chi connectivity index (χ1n) is 8.37. The molecule has 1 amide bonds. The third kappa shape index (κ3) is 2.96. The maximum atomic E-state index is 12.7. The number of ether oxygens (including phenoxy) is 1. The summed E-state index contributed by atoms with van der Waals surface area (Å²) in [5.74, 6) is -1.08. The van der Waals surface area contributed by atoms with E-state index in [0.717, 1.165) is 22.3 Å². The lowest BCUT2D eigenvalue weighted by Gasteiger charge is -2.34. The van der Waals surface area contributed by atoms with E-state index in [2.05, 4.69) is 6.58 Å². The van der Waals surface area contributed by atoms with Gasteiger partial charge in [-0.2, -0.15) is 0 Å². The van der Waals surface area contributed by atoms with E-state index in [-0.39, 0.29) is 6.42 Å². The van der Waals surface area contributed by atoms with Gasteiger partial charge in [0, 0.05) is 0 Å². The van der Waals surface area contributed by atoms with Crippen molar-refractivity contribution in [1.29, 1.82) is 0 Å². The predicted molar refractivity (Wildman–Crippen MR) is 98.8 cm³/mol. The fourth-order valence-electron chi connectivity index (χ4n) is 3.58. The van der Waals surface area contributed by atoms with Crippen LogP contribution in [0, 0.1) is 0 Å². The lowest BCUT2D eigenvalue weighted by molar-refractivity contribution is -0.143. The van der Waals surface area contributed by atoms with Crippen LogP contribution >= 0.6 is 0 Å². The van der Waals surface area contributed by atoms with Gasteiger partial charge in [0.1, 0.15) is 6.04 Å². The number of carbonyl (C=O) groups excluding carboxylic acids is 1. The number of carbonyl (C=O) groups is 2. The molecule has 0 bridgehead atoms. The summed E-state index contributed by atoms with van der Waals surface area (Å²) in [4.78, 5) is 26.0. The molecule has 5 nitrogen and oxygen atoms in total. The van der Waals surface area contributed by atoms with E-state index in [1.165, 1.54) is 12.0 Å². The van der Waals surface area contributed by atoms with Gasteiger partial charge in [-0.1, -0.05) is 54.1 Å². The lowest BCUT2D eigenvalue weighted by atomic mass is 9.99. The molecule has 26 heavy (non-hydrogen) atoms. The van der Waals surface area contributed by atoms with E-state index < -0.39 is 24.1 Å². The SMILES string of the molecule is C=C(C)C[C@@H](C(=O)O)N(C(=O)OC)C1c2ccccc2-c2ccccc21. The maximum Gasteiger partial charge on any atom is 0.411 e. The van der Waals surface area contributed by atoms with Crippen molar-refractivity contribution in [3.8, 4) is 11.1 Å². The fraction of sp³-hybridized carbons (Fsp3) is 0.238. The van der Waals surface area contributed by atoms with Gasteiger partial charge in [0.2, 0.25) is 0 Å². The Morgan fingerprint density at radius 3 is 2.04 bits per heavy atom. The van der Waals surface area contributed by atoms with Crippen molar-refractivity contribution >= 4 is 12.1 Å². The number of nitrogens with zero attached hydrogens (tertiary/aromatic N) is 1. The minimum Gasteiger partial charge on any atom is -0.480 e. The monoisotopic (exact) mass is 351 g/mol. The second-order valence-electron chi connectivity index (χ2n) is 6.47. The molecule has 0 fully saturated rings. The van der Waals surface area contributed by atoms with Gasteiger partial charge in [-0.15, -0.1) is 6.58 Å². The topological polar surface area (TPSA) is 66.8 Å². The lowest BCUT2D eigenvalue weighted by Crippen LogP contribution is -2.47. The third-order valence-corrected chi connectivity index (χ3v) is 4.63. The Labute approximate surface area is 152 Å². The average Bonchev–Trinajstić information content (AvgIpc) is 2.95. The largest absolute Gasteiger partial charge is 0.480 e. The second-order valence-corrected chi connectivity index (χ2v) is 6.47. The van der Waals surface area contributed by atoms with E-state index in [0.29, 0.717) is 5.57 Å². The number of fused-ring (bicyclic) bond motifs is 3. The summed E-state index contributed by atoms with van der Waals surface area (Å²) in [7, 11) is 1.27. The molecule has 0 unspecified atom stereocenters. The Morgan fingerprint density at radius 1 is 1.12 bits per heavy atom. The molecule has 0 aromatic heterocycles. The first-order chi connectivity index (χ1) is 12.5. The highest BCUT2D eigenvalue weighted by molar-refractivity contribution is 5.85. The molecule has 134 valence electrons. The van der Waals surface area contributed by atoms with Gasteiger partial charge >= 0.3 is 12.1 Å². The van der Waals surface area contributed by atoms with Crippen LogP contribution in [0.15, 0.2) is 60.7 Å². The van der Waals surface area contributed by atoms with Crippen LogP contribution in [0.1, 0.15) is 30.5 Å². The number of benzene rings is 2. The van der Waals surface area contributed by atoms with Gasteiger partial charge in [-0.25, -0.2) is 9.59 Å². The van der Waals surface area contributed by atoms with Gasteiger partial charge < -0.3 is 9.84 Å². The van der Waals surface area contributed by atoms with Gasteiger partial charge in [-0.05, 0) is 35.6 Å². The molecule has 3 rings (SSSR count). The highest BCUT2D eigenvalue weighted by atomic mass is 16.5. The van der Waals surface area contributed by atoms with E-state index in [9.17, 15) is 14.7 Å². The zero-order chi connectivity index (χ0) is 18.8. The van der Waals surface area contributed by atoms with Gasteiger partial charge in [-0.3, -0.25) is 4.90 Å². The Kier molecular flexibility index (Phi) is 4.80. The van der Waals surface area contributed by atoms with E-state index in [1.54, 1.807) is 6.92 Å². The molecular formula is C21H21NO4. The highest BCUT2D eigenvalue weighted by Gasteiger charge is 2.42. The molecule has 1 aliphatic carbocycles. The normalized spacial score (nSPS) is 13.5. The number of carboxylic acid groups (broad SMARTS) is 1. The molecule has 5 heteroatoms. The summed E-state index contributed by atoms with van der Waals surface area (Å²) in [6, 6.07) is 13.9. The smallest absolute Gasteiger partial charge is 0.411 e. The molecular weight excluding hydrogens is 330 g/mol. The molecule has 2 aromatic rings. The van der Waals surface area contributed by atoms with Crippen molar-refractivity contribution in [3.05, 3.63) is 71.8 Å². The highest BCUT2D eigenvalue weighted by Crippen LogP contribution is 2.47. The summed E-state index contributed by atoms with van der Waals surface area (Å²) in [5, 5.41) is 9.80. The van der Waals surface area contributed by atoms with Gasteiger partial charge in [0.15, 0.2) is 0 Å². The summed E-state index contributed by atoms with van der Waals surface area (Å²) in [5.41, 5.74) is 4.48. The number of methoxy groups -OCH3 is 1. The number of carboxylic acids is 1. The molecule has 1 atom stereocenters. The van der Waals surface area contributed by atoms with Crippen molar-refractivity contribution in [2.75, 3.05) is 7.11 Å². The zero-order valence-electron chi connectivity index (χ0n) is 14.8. The molecule has 0 saturated carbocycles. The van der Waals surface area contributed by atoms with E-state index in [4.69, 9.17) is 4.74 Å². The van der Waals surface area contributed by atoms with Crippen molar-refractivity contribution in [2.24, 2.45) is 0 Å². The van der Waals surface area contributed by atoms with Crippen LogP contribution in [0.4, 0.5) is 4.79 Å². The first-order valence-corrected chi connectivity index (χ1v) is 8.37. The standard InChI is InChI=1S/C21H21NO4/c1-13(2)12-18(20(23)24)22(21(25)26-3)19-16-10-6-4-8-14(16)15-9-5-7-11-17(15)19/h4-11,18-19H,1,12H2,2-3H3,(H,23,24)/t18-/m0/s1. The van der Waals surface area contributed by atoms with E-state index >= 15 is 0 Å². The fourth-order valence-corrected chi connectivity index (χ4v) is 3.58. The molecule has 0 aliphatic heterocycles. The van der Waals surface area contributed by atoms with Crippen LogP contribution in [-0.2, 0) is 9.53 Å². The number of hydrogen-bond donors (Lipinski definition) is 1. The zero-order valence-corrected chi connectivity index (χ0v) is 14.8. The third-order valence-electron chi connectivity index (χ3n) is 4.63. The van der Waals surface area contributed by atoms with Crippen molar-refractivity contribution < 1.29 is 19.4 Å². The molecule has 1 aliphatic rings. The first kappa shape index (κ1) is 17.7. The van der Waals surface area contributed by atoms with Crippen molar-refractivity contribution in [2.45, 2.75) is 25.4 Å². The molecule has 2 aromatic carbocycles. The van der Waals surface area contributed by atoms with Crippen molar-refractivity contribution in [3.63, 3.8) is 0 Å². The second kappa shape index (κ2) is 7.04. The molecule has 0 spiro atoms. The Balaban J connectivity index is 2.19. The van der Waals surface area contributed by atoms with Gasteiger partial charge in [0.25, 0.3) is 0 Å². The Bertz CT molecular complexity index is 828. The number of hydrogen-bond acceptors (Lipinski definition) is 3. The maximum absolute atomic E-state index is 12.7. The number of amides is 1. The number of rotatable bonds is 5. The molecule has 0 radical (unpaired) electrons. The van der Waals surface area contributed by atoms with Crippen molar-refractivity contribution in [1.82, 2.24) is 4.90 Å². The summed E-state index contributed by atoms with van der Waals surface area (Å²) in [6.07, 6.45) is -0.513. The molecule has 0 heterocycles. The minimum atomic E-state index is -1.08. The van der Waals surface area contributed by atoms with Crippen LogP contribution in [0.3, 0.4) is 0 Å². The quantitative estimate of drug-likeness (QED) is 0.818.